The van der Waals surface area contributed by atoms with Crippen LogP contribution in [0.15, 0.2) is 46.9 Å². The summed E-state index contributed by atoms with van der Waals surface area (Å²) in [6.07, 6.45) is 0. The van der Waals surface area contributed by atoms with Crippen LogP contribution in [0.3, 0.4) is 0 Å². The van der Waals surface area contributed by atoms with Crippen molar-refractivity contribution in [3.8, 4) is 0 Å². The quantitative estimate of drug-likeness (QED) is 0.585. The van der Waals surface area contributed by atoms with E-state index in [1.54, 1.807) is 18.2 Å². The predicted octanol–water partition coefficient (Wildman–Crippen LogP) is 3.82. The van der Waals surface area contributed by atoms with Gasteiger partial charge in [-0.3, -0.25) is 15.0 Å². The SMILES string of the molecule is O=[N+]([O-])c1cc(Br)ccc1N1CCN(Cc2ccccc2F)CC1. The van der Waals surface area contributed by atoms with Gasteiger partial charge in [-0.05, 0) is 18.2 Å². The van der Waals surface area contributed by atoms with E-state index in [-0.39, 0.29) is 16.4 Å². The molecule has 7 heteroatoms. The molecule has 0 aliphatic carbocycles. The molecule has 0 radical (unpaired) electrons. The van der Waals surface area contributed by atoms with Gasteiger partial charge in [-0.25, -0.2) is 4.39 Å². The van der Waals surface area contributed by atoms with E-state index in [0.29, 0.717) is 35.4 Å². The van der Waals surface area contributed by atoms with Crippen LogP contribution >= 0.6 is 15.9 Å². The molecule has 0 spiro atoms. The van der Waals surface area contributed by atoms with Crippen LogP contribution in [-0.2, 0) is 6.54 Å². The number of halogens is 2. The minimum atomic E-state index is -0.355. The van der Waals surface area contributed by atoms with E-state index in [2.05, 4.69) is 20.8 Å². The molecule has 1 fully saturated rings. The van der Waals surface area contributed by atoms with Crippen LogP contribution in [0, 0.1) is 15.9 Å². The van der Waals surface area contributed by atoms with Gasteiger partial charge in [0.25, 0.3) is 5.69 Å². The first-order valence-electron chi connectivity index (χ1n) is 7.69. The van der Waals surface area contributed by atoms with E-state index < -0.39 is 0 Å². The topological polar surface area (TPSA) is 49.6 Å². The molecular formula is C17H17BrFN3O2. The van der Waals surface area contributed by atoms with Gasteiger partial charge < -0.3 is 4.90 Å². The molecule has 2 aromatic carbocycles. The molecule has 24 heavy (non-hydrogen) atoms. The molecule has 0 unspecified atom stereocenters. The van der Waals surface area contributed by atoms with Crippen LogP contribution in [0.5, 0.6) is 0 Å². The maximum absolute atomic E-state index is 13.7. The fourth-order valence-corrected chi connectivity index (χ4v) is 3.27. The van der Waals surface area contributed by atoms with Gasteiger partial charge in [-0.2, -0.15) is 0 Å². The lowest BCUT2D eigenvalue weighted by molar-refractivity contribution is -0.384. The smallest absolute Gasteiger partial charge is 0.293 e. The Hall–Kier alpha value is -1.99. The van der Waals surface area contributed by atoms with Crippen molar-refractivity contribution in [1.29, 1.82) is 0 Å². The van der Waals surface area contributed by atoms with Crippen LogP contribution in [-0.4, -0.2) is 36.0 Å². The molecule has 0 saturated carbocycles. The highest BCUT2D eigenvalue weighted by Crippen LogP contribution is 2.31. The normalized spacial score (nSPS) is 15.5. The van der Waals surface area contributed by atoms with Crippen molar-refractivity contribution in [3.63, 3.8) is 0 Å². The zero-order chi connectivity index (χ0) is 17.1. The number of piperazine rings is 1. The van der Waals surface area contributed by atoms with Crippen LogP contribution in [0.1, 0.15) is 5.56 Å². The molecule has 0 N–H and O–H groups in total. The zero-order valence-corrected chi connectivity index (χ0v) is 14.6. The van der Waals surface area contributed by atoms with Gasteiger partial charge in [0, 0.05) is 48.8 Å². The van der Waals surface area contributed by atoms with Gasteiger partial charge in [0.2, 0.25) is 0 Å². The maximum Gasteiger partial charge on any atom is 0.293 e. The Morgan fingerprint density at radius 3 is 2.50 bits per heavy atom. The van der Waals surface area contributed by atoms with E-state index in [1.165, 1.54) is 12.1 Å². The van der Waals surface area contributed by atoms with E-state index >= 15 is 0 Å². The first-order valence-corrected chi connectivity index (χ1v) is 8.48. The molecule has 1 aliphatic rings. The molecule has 5 nitrogen and oxygen atoms in total. The lowest BCUT2D eigenvalue weighted by atomic mass is 10.1. The maximum atomic E-state index is 13.7. The second kappa shape index (κ2) is 7.27. The number of anilines is 1. The average molecular weight is 394 g/mol. The first kappa shape index (κ1) is 16.9. The minimum absolute atomic E-state index is 0.104. The Balaban J connectivity index is 1.67. The van der Waals surface area contributed by atoms with Crippen molar-refractivity contribution >= 4 is 27.3 Å². The van der Waals surface area contributed by atoms with Crippen LogP contribution in [0.2, 0.25) is 0 Å². The fourth-order valence-electron chi connectivity index (χ4n) is 2.92. The van der Waals surface area contributed by atoms with Gasteiger partial charge in [-0.15, -0.1) is 0 Å². The molecule has 1 saturated heterocycles. The third kappa shape index (κ3) is 3.73. The van der Waals surface area contributed by atoms with Gasteiger partial charge in [0.05, 0.1) is 4.92 Å². The standard InChI is InChI=1S/C17H17BrFN3O2/c18-14-5-6-16(17(11-14)22(23)24)21-9-7-20(8-10-21)12-13-3-1-2-4-15(13)19/h1-6,11H,7-10,12H2. The molecule has 0 aromatic heterocycles. The summed E-state index contributed by atoms with van der Waals surface area (Å²) in [6, 6.07) is 11.9. The Kier molecular flexibility index (Phi) is 5.11. The van der Waals surface area contributed by atoms with E-state index in [4.69, 9.17) is 0 Å². The van der Waals surface area contributed by atoms with E-state index in [1.807, 2.05) is 17.0 Å². The second-order valence-corrected chi connectivity index (χ2v) is 6.66. The fraction of sp³-hybridized carbons (Fsp3) is 0.294. The highest BCUT2D eigenvalue weighted by atomic mass is 79.9. The number of hydrogen-bond acceptors (Lipinski definition) is 4. The lowest BCUT2D eigenvalue weighted by Crippen LogP contribution is -2.46. The Labute approximate surface area is 148 Å². The average Bonchev–Trinajstić information content (AvgIpc) is 2.58. The summed E-state index contributed by atoms with van der Waals surface area (Å²) in [4.78, 5) is 15.1. The summed E-state index contributed by atoms with van der Waals surface area (Å²) in [6.45, 7) is 3.39. The van der Waals surface area contributed by atoms with Crippen molar-refractivity contribution in [3.05, 3.63) is 68.4 Å². The van der Waals surface area contributed by atoms with Crippen LogP contribution in [0.25, 0.3) is 0 Å². The van der Waals surface area contributed by atoms with Gasteiger partial charge in [0.15, 0.2) is 0 Å². The van der Waals surface area contributed by atoms with Crippen molar-refractivity contribution in [2.45, 2.75) is 6.54 Å². The van der Waals surface area contributed by atoms with Crippen LogP contribution < -0.4 is 4.90 Å². The molecular weight excluding hydrogens is 377 g/mol. The van der Waals surface area contributed by atoms with Gasteiger partial charge in [-0.1, -0.05) is 34.1 Å². The summed E-state index contributed by atoms with van der Waals surface area (Å²) in [5.74, 6) is -0.191. The summed E-state index contributed by atoms with van der Waals surface area (Å²) < 4.78 is 14.4. The monoisotopic (exact) mass is 393 g/mol. The highest BCUT2D eigenvalue weighted by Gasteiger charge is 2.24. The van der Waals surface area contributed by atoms with Gasteiger partial charge in [0.1, 0.15) is 11.5 Å². The van der Waals surface area contributed by atoms with E-state index in [9.17, 15) is 14.5 Å². The molecule has 0 atom stereocenters. The van der Waals surface area contributed by atoms with Crippen molar-refractivity contribution in [2.75, 3.05) is 31.1 Å². The number of benzene rings is 2. The molecule has 0 bridgehead atoms. The summed E-state index contributed by atoms with van der Waals surface area (Å²) in [5.41, 5.74) is 1.42. The number of nitro groups is 1. The Morgan fingerprint density at radius 2 is 1.83 bits per heavy atom. The Morgan fingerprint density at radius 1 is 1.12 bits per heavy atom. The molecule has 0 amide bonds. The molecule has 1 aliphatic heterocycles. The zero-order valence-electron chi connectivity index (χ0n) is 13.0. The Bertz CT molecular complexity index is 748. The molecule has 1 heterocycles. The molecule has 2 aromatic rings. The second-order valence-electron chi connectivity index (χ2n) is 5.74. The summed E-state index contributed by atoms with van der Waals surface area (Å²) >= 11 is 3.28. The highest BCUT2D eigenvalue weighted by molar-refractivity contribution is 9.10. The number of nitrogens with zero attached hydrogens (tertiary/aromatic N) is 3. The number of rotatable bonds is 4. The van der Waals surface area contributed by atoms with E-state index in [0.717, 1.165) is 13.1 Å². The minimum Gasteiger partial charge on any atom is -0.363 e. The van der Waals surface area contributed by atoms with Gasteiger partial charge >= 0.3 is 0 Å². The third-order valence-corrected chi connectivity index (χ3v) is 4.69. The lowest BCUT2D eigenvalue weighted by Gasteiger charge is -2.35. The van der Waals surface area contributed by atoms with Crippen molar-refractivity contribution in [1.82, 2.24) is 4.90 Å². The molecule has 3 rings (SSSR count). The van der Waals surface area contributed by atoms with Crippen molar-refractivity contribution in [2.24, 2.45) is 0 Å². The van der Waals surface area contributed by atoms with Crippen molar-refractivity contribution < 1.29 is 9.31 Å². The summed E-state index contributed by atoms with van der Waals surface area (Å²) in [5, 5.41) is 11.3. The summed E-state index contributed by atoms with van der Waals surface area (Å²) in [7, 11) is 0. The largest absolute Gasteiger partial charge is 0.363 e. The van der Waals surface area contributed by atoms with Crippen LogP contribution in [0.4, 0.5) is 15.8 Å². The number of hydrogen-bond donors (Lipinski definition) is 0. The third-order valence-electron chi connectivity index (χ3n) is 4.20. The molecule has 126 valence electrons. The number of nitro benzene ring substituents is 1. The predicted molar refractivity (Wildman–Crippen MR) is 94.7 cm³/mol. The first-order chi connectivity index (χ1) is 11.5.